The first-order valence-electron chi connectivity index (χ1n) is 8.32. The Bertz CT molecular complexity index is 616. The highest BCUT2D eigenvalue weighted by Crippen LogP contribution is 2.25. The van der Waals surface area contributed by atoms with Gasteiger partial charge in [0.05, 0.1) is 12.1 Å². The lowest BCUT2D eigenvalue weighted by Gasteiger charge is -2.22. The summed E-state index contributed by atoms with van der Waals surface area (Å²) in [6.07, 6.45) is 3.77. The summed E-state index contributed by atoms with van der Waals surface area (Å²) in [5, 5.41) is 14.8. The van der Waals surface area contributed by atoms with E-state index in [1.54, 1.807) is 6.20 Å². The molecule has 0 fully saturated rings. The molecule has 0 aliphatic rings. The maximum atomic E-state index is 9.67. The van der Waals surface area contributed by atoms with Crippen LogP contribution in [-0.2, 0) is 0 Å². The molecule has 0 spiro atoms. The molecule has 2 N–H and O–H groups in total. The second-order valence-electron chi connectivity index (χ2n) is 5.71. The minimum atomic E-state index is 0.0480. The fourth-order valence-corrected chi connectivity index (χ4v) is 2.94. The van der Waals surface area contributed by atoms with E-state index in [0.29, 0.717) is 5.02 Å². The number of pyridine rings is 1. The van der Waals surface area contributed by atoms with E-state index in [1.165, 1.54) is 0 Å². The van der Waals surface area contributed by atoms with Gasteiger partial charge in [-0.3, -0.25) is 4.98 Å². The number of anilines is 1. The lowest BCUT2D eigenvalue weighted by Crippen LogP contribution is -2.28. The highest BCUT2D eigenvalue weighted by molar-refractivity contribution is 6.31. The van der Waals surface area contributed by atoms with Crippen molar-refractivity contribution in [3.63, 3.8) is 0 Å². The Labute approximate surface area is 143 Å². The molecule has 5 heteroatoms. The highest BCUT2D eigenvalue weighted by atomic mass is 35.5. The van der Waals surface area contributed by atoms with Gasteiger partial charge in [-0.05, 0) is 56.7 Å². The summed E-state index contributed by atoms with van der Waals surface area (Å²) in [6, 6.07) is 7.69. The predicted molar refractivity (Wildman–Crippen MR) is 98.3 cm³/mol. The van der Waals surface area contributed by atoms with Gasteiger partial charge in [0.15, 0.2) is 0 Å². The van der Waals surface area contributed by atoms with Crippen molar-refractivity contribution in [3.05, 3.63) is 35.5 Å². The minimum absolute atomic E-state index is 0.0480. The van der Waals surface area contributed by atoms with Gasteiger partial charge in [0, 0.05) is 28.3 Å². The van der Waals surface area contributed by atoms with Gasteiger partial charge in [-0.1, -0.05) is 25.4 Å². The average Bonchev–Trinajstić information content (AvgIpc) is 2.57. The molecule has 2 rings (SSSR count). The second kappa shape index (κ2) is 9.06. The van der Waals surface area contributed by atoms with Gasteiger partial charge in [0.2, 0.25) is 0 Å². The van der Waals surface area contributed by atoms with Crippen LogP contribution in [0.3, 0.4) is 0 Å². The van der Waals surface area contributed by atoms with Crippen LogP contribution < -0.4 is 5.32 Å². The van der Waals surface area contributed by atoms with Gasteiger partial charge in [-0.25, -0.2) is 0 Å². The summed E-state index contributed by atoms with van der Waals surface area (Å²) in [4.78, 5) is 6.75. The Balaban J connectivity index is 2.01. The molecule has 1 aromatic carbocycles. The number of fused-ring (bicyclic) bond motifs is 1. The number of benzene rings is 1. The number of hydrogen-bond donors (Lipinski definition) is 2. The monoisotopic (exact) mass is 335 g/mol. The fraction of sp³-hybridized carbons (Fsp3) is 0.500. The number of aliphatic hydroxyl groups excluding tert-OH is 1. The first-order chi connectivity index (χ1) is 11.2. The fourth-order valence-electron chi connectivity index (χ4n) is 2.78. The van der Waals surface area contributed by atoms with Crippen molar-refractivity contribution >= 4 is 28.2 Å². The number of aliphatic hydroxyl groups is 1. The summed E-state index contributed by atoms with van der Waals surface area (Å²) >= 11 is 6.02. The van der Waals surface area contributed by atoms with Gasteiger partial charge in [-0.2, -0.15) is 0 Å². The van der Waals surface area contributed by atoms with Crippen LogP contribution in [0.1, 0.15) is 26.7 Å². The van der Waals surface area contributed by atoms with Crippen LogP contribution in [0, 0.1) is 0 Å². The van der Waals surface area contributed by atoms with E-state index in [-0.39, 0.29) is 12.6 Å². The predicted octanol–water partition coefficient (Wildman–Crippen LogP) is 3.78. The van der Waals surface area contributed by atoms with E-state index < -0.39 is 0 Å². The SMILES string of the molecule is CCN(CC)CCC[C@@H](CO)Nc1ccnc2cc(Cl)ccc12. The Hall–Kier alpha value is -1.36. The summed E-state index contributed by atoms with van der Waals surface area (Å²) in [5.74, 6) is 0. The lowest BCUT2D eigenvalue weighted by atomic mass is 10.1. The van der Waals surface area contributed by atoms with Gasteiger partial charge in [0.25, 0.3) is 0 Å². The van der Waals surface area contributed by atoms with E-state index in [9.17, 15) is 5.11 Å². The van der Waals surface area contributed by atoms with Crippen molar-refractivity contribution in [2.45, 2.75) is 32.7 Å². The van der Waals surface area contributed by atoms with Gasteiger partial charge in [0.1, 0.15) is 0 Å². The van der Waals surface area contributed by atoms with E-state index >= 15 is 0 Å². The van der Waals surface area contributed by atoms with Crippen LogP contribution in [0.2, 0.25) is 5.02 Å². The van der Waals surface area contributed by atoms with Crippen molar-refractivity contribution in [2.75, 3.05) is 31.6 Å². The first-order valence-corrected chi connectivity index (χ1v) is 8.69. The molecule has 4 nitrogen and oxygen atoms in total. The largest absolute Gasteiger partial charge is 0.394 e. The standard InChI is InChI=1S/C18H26ClN3O/c1-3-22(4-2)11-5-6-15(13-23)21-17-9-10-20-18-12-14(19)7-8-16(17)18/h7-10,12,15,23H,3-6,11,13H2,1-2H3,(H,20,21)/t15-/m0/s1. The van der Waals surface area contributed by atoms with Gasteiger partial charge in [-0.15, -0.1) is 0 Å². The van der Waals surface area contributed by atoms with Crippen molar-refractivity contribution in [1.82, 2.24) is 9.88 Å². The van der Waals surface area contributed by atoms with E-state index in [2.05, 4.69) is 29.0 Å². The maximum absolute atomic E-state index is 9.67. The zero-order chi connectivity index (χ0) is 16.7. The summed E-state index contributed by atoms with van der Waals surface area (Å²) in [7, 11) is 0. The molecule has 1 heterocycles. The van der Waals surface area contributed by atoms with Crippen molar-refractivity contribution in [2.24, 2.45) is 0 Å². The lowest BCUT2D eigenvalue weighted by molar-refractivity contribution is 0.253. The Kier molecular flexibility index (Phi) is 7.09. The number of aromatic nitrogens is 1. The quantitative estimate of drug-likeness (QED) is 0.732. The molecule has 0 amide bonds. The molecular formula is C18H26ClN3O. The molecule has 2 aromatic rings. The zero-order valence-electron chi connectivity index (χ0n) is 13.9. The van der Waals surface area contributed by atoms with Crippen LogP contribution in [0.15, 0.2) is 30.5 Å². The molecule has 0 unspecified atom stereocenters. The third-order valence-corrected chi connectivity index (χ3v) is 4.44. The second-order valence-corrected chi connectivity index (χ2v) is 6.15. The van der Waals surface area contributed by atoms with E-state index in [1.807, 2.05) is 24.3 Å². The summed E-state index contributed by atoms with van der Waals surface area (Å²) in [6.45, 7) is 7.69. The number of nitrogens with one attached hydrogen (secondary N) is 1. The van der Waals surface area contributed by atoms with Crippen LogP contribution >= 0.6 is 11.6 Å². The van der Waals surface area contributed by atoms with E-state index in [0.717, 1.165) is 49.1 Å². The van der Waals surface area contributed by atoms with Crippen molar-refractivity contribution in [3.8, 4) is 0 Å². The third-order valence-electron chi connectivity index (χ3n) is 4.21. The summed E-state index contributed by atoms with van der Waals surface area (Å²) in [5.41, 5.74) is 1.86. The molecule has 0 saturated heterocycles. The first kappa shape index (κ1) is 18.0. The van der Waals surface area contributed by atoms with Gasteiger partial charge >= 0.3 is 0 Å². The van der Waals surface area contributed by atoms with Crippen molar-refractivity contribution < 1.29 is 5.11 Å². The third kappa shape index (κ3) is 5.06. The Morgan fingerprint density at radius 1 is 1.26 bits per heavy atom. The normalized spacial score (nSPS) is 12.7. The Morgan fingerprint density at radius 3 is 2.74 bits per heavy atom. The minimum Gasteiger partial charge on any atom is -0.394 e. The van der Waals surface area contributed by atoms with E-state index in [4.69, 9.17) is 11.6 Å². The number of halogens is 1. The molecule has 0 aliphatic heterocycles. The van der Waals surface area contributed by atoms with Crippen LogP contribution in [0.25, 0.3) is 10.9 Å². The smallest absolute Gasteiger partial charge is 0.0737 e. The molecule has 23 heavy (non-hydrogen) atoms. The molecule has 0 radical (unpaired) electrons. The zero-order valence-corrected chi connectivity index (χ0v) is 14.7. The van der Waals surface area contributed by atoms with Crippen molar-refractivity contribution in [1.29, 1.82) is 0 Å². The average molecular weight is 336 g/mol. The topological polar surface area (TPSA) is 48.4 Å². The molecule has 0 saturated carbocycles. The maximum Gasteiger partial charge on any atom is 0.0737 e. The molecule has 0 bridgehead atoms. The Morgan fingerprint density at radius 2 is 2.04 bits per heavy atom. The molecular weight excluding hydrogens is 310 g/mol. The number of rotatable bonds is 9. The number of hydrogen-bond acceptors (Lipinski definition) is 4. The van der Waals surface area contributed by atoms with Crippen LogP contribution in [0.5, 0.6) is 0 Å². The number of nitrogens with zero attached hydrogens (tertiary/aromatic N) is 2. The van der Waals surface area contributed by atoms with Gasteiger partial charge < -0.3 is 15.3 Å². The molecule has 1 atom stereocenters. The molecule has 0 aliphatic carbocycles. The summed E-state index contributed by atoms with van der Waals surface area (Å²) < 4.78 is 0. The van der Waals surface area contributed by atoms with Crippen LogP contribution in [0.4, 0.5) is 5.69 Å². The molecule has 1 aromatic heterocycles. The van der Waals surface area contributed by atoms with Crippen LogP contribution in [-0.4, -0.2) is 47.3 Å². The molecule has 126 valence electrons. The highest BCUT2D eigenvalue weighted by Gasteiger charge is 2.10.